The maximum atomic E-state index is 13.8. The van der Waals surface area contributed by atoms with Gasteiger partial charge in [0.25, 0.3) is 11.8 Å². The summed E-state index contributed by atoms with van der Waals surface area (Å²) >= 11 is 0. The van der Waals surface area contributed by atoms with Crippen molar-refractivity contribution in [2.75, 3.05) is 13.1 Å². The van der Waals surface area contributed by atoms with E-state index in [0.29, 0.717) is 36.6 Å². The minimum Gasteiger partial charge on any atom is -0.341 e. The van der Waals surface area contributed by atoms with E-state index in [1.54, 1.807) is 24.3 Å². The quantitative estimate of drug-likeness (QED) is 0.522. The Labute approximate surface area is 200 Å². The summed E-state index contributed by atoms with van der Waals surface area (Å²) < 4.78 is 0. The summed E-state index contributed by atoms with van der Waals surface area (Å²) in [6.45, 7) is 1.29. The smallest absolute Gasteiger partial charge is 0.262 e. The number of amides is 3. The van der Waals surface area contributed by atoms with Crippen LogP contribution in [0.1, 0.15) is 44.7 Å². The monoisotopic (exact) mass is 452 g/mol. The number of piperidine rings is 1. The van der Waals surface area contributed by atoms with Gasteiger partial charge in [0.15, 0.2) is 0 Å². The Bertz CT molecular complexity index is 1150. The molecular formula is C29H28N2O3. The standard InChI is InChI=1S/C29H28N2O3/c32-27-24-13-7-8-14-25(24)28(33)31(27)26(20-22-11-5-2-6-12-22)29(34)30-17-15-23(16-18-30)19-21-9-3-1-4-10-21/h1-14,23,26H,15-20H2/t26-/m0/s1. The molecule has 0 spiro atoms. The van der Waals surface area contributed by atoms with Crippen LogP contribution in [0.5, 0.6) is 0 Å². The van der Waals surface area contributed by atoms with Gasteiger partial charge in [0.05, 0.1) is 11.1 Å². The molecular weight excluding hydrogens is 424 g/mol. The van der Waals surface area contributed by atoms with Gasteiger partial charge < -0.3 is 4.90 Å². The third-order valence-electron chi connectivity index (χ3n) is 6.99. The maximum Gasteiger partial charge on any atom is 0.262 e. The van der Waals surface area contributed by atoms with E-state index in [-0.39, 0.29) is 17.7 Å². The van der Waals surface area contributed by atoms with Crippen molar-refractivity contribution in [3.8, 4) is 0 Å². The molecule has 34 heavy (non-hydrogen) atoms. The molecule has 172 valence electrons. The number of carbonyl (C=O) groups excluding carboxylic acids is 3. The summed E-state index contributed by atoms with van der Waals surface area (Å²) in [7, 11) is 0. The molecule has 5 rings (SSSR count). The van der Waals surface area contributed by atoms with E-state index in [1.807, 2.05) is 41.3 Å². The van der Waals surface area contributed by atoms with Crippen molar-refractivity contribution < 1.29 is 14.4 Å². The number of hydrogen-bond acceptors (Lipinski definition) is 3. The molecule has 3 aromatic rings. The predicted molar refractivity (Wildman–Crippen MR) is 130 cm³/mol. The Kier molecular flexibility index (Phi) is 6.26. The average molecular weight is 453 g/mol. The van der Waals surface area contributed by atoms with Gasteiger partial charge in [-0.1, -0.05) is 72.8 Å². The number of fused-ring (bicyclic) bond motifs is 1. The molecule has 2 heterocycles. The Morgan fingerprint density at radius 2 is 1.24 bits per heavy atom. The van der Waals surface area contributed by atoms with Gasteiger partial charge in [-0.2, -0.15) is 0 Å². The van der Waals surface area contributed by atoms with E-state index >= 15 is 0 Å². The second kappa shape index (κ2) is 9.64. The zero-order valence-corrected chi connectivity index (χ0v) is 19.1. The lowest BCUT2D eigenvalue weighted by Crippen LogP contribution is -2.53. The van der Waals surface area contributed by atoms with Crippen molar-refractivity contribution in [3.05, 3.63) is 107 Å². The molecule has 0 unspecified atom stereocenters. The van der Waals surface area contributed by atoms with Gasteiger partial charge in [-0.15, -0.1) is 0 Å². The van der Waals surface area contributed by atoms with Crippen LogP contribution in [0.4, 0.5) is 0 Å². The number of rotatable bonds is 6. The van der Waals surface area contributed by atoms with Crippen molar-refractivity contribution in [1.29, 1.82) is 0 Å². The van der Waals surface area contributed by atoms with Crippen LogP contribution in [-0.2, 0) is 17.6 Å². The molecule has 3 amide bonds. The number of hydrogen-bond donors (Lipinski definition) is 0. The molecule has 5 nitrogen and oxygen atoms in total. The van der Waals surface area contributed by atoms with Gasteiger partial charge in [0, 0.05) is 19.5 Å². The van der Waals surface area contributed by atoms with Crippen LogP contribution in [0.25, 0.3) is 0 Å². The third-order valence-corrected chi connectivity index (χ3v) is 6.99. The van der Waals surface area contributed by atoms with E-state index < -0.39 is 6.04 Å². The van der Waals surface area contributed by atoms with Gasteiger partial charge in [0.2, 0.25) is 5.91 Å². The van der Waals surface area contributed by atoms with Gasteiger partial charge >= 0.3 is 0 Å². The fourth-order valence-electron chi connectivity index (χ4n) is 5.13. The largest absolute Gasteiger partial charge is 0.341 e. The van der Waals surface area contributed by atoms with Crippen molar-refractivity contribution in [1.82, 2.24) is 9.80 Å². The highest BCUT2D eigenvalue weighted by Gasteiger charge is 2.44. The molecule has 2 aliphatic heterocycles. The summed E-state index contributed by atoms with van der Waals surface area (Å²) in [5.41, 5.74) is 3.00. The summed E-state index contributed by atoms with van der Waals surface area (Å²) in [6.07, 6.45) is 3.16. The molecule has 0 bridgehead atoms. The first-order chi connectivity index (χ1) is 16.6. The van der Waals surface area contributed by atoms with E-state index in [9.17, 15) is 14.4 Å². The molecule has 1 saturated heterocycles. The SMILES string of the molecule is O=C([C@H](Cc1ccccc1)N1C(=O)c2ccccc2C1=O)N1CCC(Cc2ccccc2)CC1. The fraction of sp³-hybridized carbons (Fsp3) is 0.276. The highest BCUT2D eigenvalue weighted by atomic mass is 16.2. The van der Waals surface area contributed by atoms with Gasteiger partial charge in [-0.05, 0) is 48.4 Å². The lowest BCUT2D eigenvalue weighted by Gasteiger charge is -2.36. The van der Waals surface area contributed by atoms with Crippen LogP contribution < -0.4 is 0 Å². The third kappa shape index (κ3) is 4.38. The highest BCUT2D eigenvalue weighted by molar-refractivity contribution is 6.22. The van der Waals surface area contributed by atoms with Crippen LogP contribution in [0, 0.1) is 5.92 Å². The normalized spacial score (nSPS) is 17.1. The van der Waals surface area contributed by atoms with Crippen molar-refractivity contribution in [2.24, 2.45) is 5.92 Å². The van der Waals surface area contributed by atoms with E-state index in [4.69, 9.17) is 0 Å². The zero-order valence-electron chi connectivity index (χ0n) is 19.1. The summed E-state index contributed by atoms with van der Waals surface area (Å²) in [5, 5.41) is 0. The van der Waals surface area contributed by atoms with Crippen LogP contribution in [-0.4, -0.2) is 46.7 Å². The lowest BCUT2D eigenvalue weighted by molar-refractivity contribution is -0.136. The molecule has 0 N–H and O–H groups in total. The summed E-state index contributed by atoms with van der Waals surface area (Å²) in [6, 6.07) is 26.0. The Morgan fingerprint density at radius 3 is 1.79 bits per heavy atom. The molecule has 0 saturated carbocycles. The average Bonchev–Trinajstić information content (AvgIpc) is 3.14. The maximum absolute atomic E-state index is 13.8. The fourth-order valence-corrected chi connectivity index (χ4v) is 5.13. The number of benzene rings is 3. The Balaban J connectivity index is 1.34. The highest BCUT2D eigenvalue weighted by Crippen LogP contribution is 2.28. The number of nitrogens with zero attached hydrogens (tertiary/aromatic N) is 2. The van der Waals surface area contributed by atoms with E-state index in [1.165, 1.54) is 10.5 Å². The molecule has 3 aromatic carbocycles. The van der Waals surface area contributed by atoms with Crippen LogP contribution in [0.15, 0.2) is 84.9 Å². The van der Waals surface area contributed by atoms with Gasteiger partial charge in [-0.25, -0.2) is 0 Å². The summed E-state index contributed by atoms with van der Waals surface area (Å²) in [5.74, 6) is -0.377. The second-order valence-corrected chi connectivity index (χ2v) is 9.19. The van der Waals surface area contributed by atoms with Crippen molar-refractivity contribution in [2.45, 2.75) is 31.7 Å². The minimum atomic E-state index is -0.847. The first-order valence-corrected chi connectivity index (χ1v) is 12.0. The topological polar surface area (TPSA) is 57.7 Å². The van der Waals surface area contributed by atoms with Crippen LogP contribution >= 0.6 is 0 Å². The molecule has 0 aromatic heterocycles. The Hall–Kier alpha value is -3.73. The first kappa shape index (κ1) is 22.1. The van der Waals surface area contributed by atoms with Crippen LogP contribution in [0.3, 0.4) is 0 Å². The molecule has 1 fully saturated rings. The first-order valence-electron chi connectivity index (χ1n) is 12.0. The molecule has 2 aliphatic rings. The Morgan fingerprint density at radius 1 is 0.735 bits per heavy atom. The number of carbonyl (C=O) groups is 3. The minimum absolute atomic E-state index is 0.142. The number of imide groups is 1. The van der Waals surface area contributed by atoms with E-state index in [0.717, 1.165) is 24.8 Å². The second-order valence-electron chi connectivity index (χ2n) is 9.19. The lowest BCUT2D eigenvalue weighted by atomic mass is 9.89. The van der Waals surface area contributed by atoms with Crippen LogP contribution in [0.2, 0.25) is 0 Å². The molecule has 0 radical (unpaired) electrons. The molecule has 0 aliphatic carbocycles. The van der Waals surface area contributed by atoms with Crippen molar-refractivity contribution in [3.63, 3.8) is 0 Å². The molecule has 1 atom stereocenters. The zero-order chi connectivity index (χ0) is 23.5. The number of likely N-dealkylation sites (tertiary alicyclic amines) is 1. The van der Waals surface area contributed by atoms with Gasteiger partial charge in [-0.3, -0.25) is 19.3 Å². The van der Waals surface area contributed by atoms with E-state index in [2.05, 4.69) is 24.3 Å². The predicted octanol–water partition coefficient (Wildman–Crippen LogP) is 4.38. The summed E-state index contributed by atoms with van der Waals surface area (Å²) in [4.78, 5) is 43.2. The van der Waals surface area contributed by atoms with Crippen molar-refractivity contribution >= 4 is 17.7 Å². The van der Waals surface area contributed by atoms with Gasteiger partial charge in [0.1, 0.15) is 6.04 Å². The molecule has 5 heteroatoms.